The van der Waals surface area contributed by atoms with Crippen LogP contribution >= 0.6 is 0 Å². The fraction of sp³-hybridized carbons (Fsp3) is 0.100. The minimum absolute atomic E-state index is 0.0420. The largest absolute Gasteiger partial charge is 0.448 e. The fourth-order valence-electron chi connectivity index (χ4n) is 2.95. The molecule has 0 radical (unpaired) electrons. The van der Waals surface area contributed by atoms with Crippen LogP contribution in [0.4, 0.5) is 5.69 Å². The number of amides is 1. The lowest BCUT2D eigenvalue weighted by Gasteiger charge is -2.13. The summed E-state index contributed by atoms with van der Waals surface area (Å²) in [5, 5.41) is 3.66. The molecule has 29 heavy (non-hydrogen) atoms. The van der Waals surface area contributed by atoms with Crippen LogP contribution in [0, 0.1) is 0 Å². The zero-order valence-corrected chi connectivity index (χ0v) is 15.2. The van der Waals surface area contributed by atoms with Crippen LogP contribution in [0.1, 0.15) is 17.4 Å². The van der Waals surface area contributed by atoms with E-state index in [4.69, 9.17) is 4.74 Å². The number of benzene rings is 2. The maximum absolute atomic E-state index is 12.4. The molecule has 0 fully saturated rings. The van der Waals surface area contributed by atoms with Crippen molar-refractivity contribution in [2.45, 2.75) is 13.0 Å². The molecule has 0 saturated carbocycles. The quantitative estimate of drug-likeness (QED) is 0.393. The minimum Gasteiger partial charge on any atom is -0.448 e. The number of carbonyl (C=O) groups is 2. The molecule has 2 heterocycles. The lowest BCUT2D eigenvalue weighted by Crippen LogP contribution is -2.30. The monoisotopic (exact) mass is 392 g/mol. The predicted molar refractivity (Wildman–Crippen MR) is 107 cm³/mol. The summed E-state index contributed by atoms with van der Waals surface area (Å²) in [6.45, 7) is 1.42. The van der Waals surface area contributed by atoms with Gasteiger partial charge in [0.25, 0.3) is 11.5 Å². The second-order valence-corrected chi connectivity index (χ2v) is 6.48. The lowest BCUT2D eigenvalue weighted by molar-refractivity contribution is -0.123. The first kappa shape index (κ1) is 18.2. The van der Waals surface area contributed by atoms with Gasteiger partial charge in [-0.3, -0.25) is 9.59 Å². The highest BCUT2D eigenvalue weighted by atomic mass is 16.5. The number of H-pyrrole nitrogens is 3. The van der Waals surface area contributed by atoms with Gasteiger partial charge < -0.3 is 25.0 Å². The SMILES string of the molecule is C[C@@H](OC(=O)c1cc2ccccc2c(=O)[nH]1)C(=O)Nc1ccc2[nH]c(=O)[nH]c2c1. The molecule has 0 bridgehead atoms. The number of aromatic amines is 3. The number of aromatic nitrogens is 3. The first-order valence-corrected chi connectivity index (χ1v) is 8.77. The number of anilines is 1. The first-order valence-electron chi connectivity index (χ1n) is 8.77. The predicted octanol–water partition coefficient (Wildman–Crippen LogP) is 1.88. The molecule has 4 N–H and O–H groups in total. The van der Waals surface area contributed by atoms with E-state index in [1.807, 2.05) is 0 Å². The van der Waals surface area contributed by atoms with Gasteiger partial charge in [0.05, 0.1) is 11.0 Å². The Morgan fingerprint density at radius 2 is 1.72 bits per heavy atom. The Labute approximate surface area is 162 Å². The number of nitrogens with one attached hydrogen (secondary N) is 4. The highest BCUT2D eigenvalue weighted by Gasteiger charge is 2.20. The average Bonchev–Trinajstić information content (AvgIpc) is 3.07. The third-order valence-corrected chi connectivity index (χ3v) is 4.41. The second-order valence-electron chi connectivity index (χ2n) is 6.48. The van der Waals surface area contributed by atoms with Crippen molar-refractivity contribution in [1.82, 2.24) is 15.0 Å². The summed E-state index contributed by atoms with van der Waals surface area (Å²) < 4.78 is 5.18. The van der Waals surface area contributed by atoms with E-state index < -0.39 is 23.5 Å². The van der Waals surface area contributed by atoms with Gasteiger partial charge in [0, 0.05) is 11.1 Å². The van der Waals surface area contributed by atoms with E-state index in [1.54, 1.807) is 42.5 Å². The minimum atomic E-state index is -1.11. The van der Waals surface area contributed by atoms with Crippen molar-refractivity contribution in [3.8, 4) is 0 Å². The number of hydrogen-bond acceptors (Lipinski definition) is 5. The summed E-state index contributed by atoms with van der Waals surface area (Å²) in [4.78, 5) is 55.8. The summed E-state index contributed by atoms with van der Waals surface area (Å²) in [7, 11) is 0. The summed E-state index contributed by atoms with van der Waals surface area (Å²) in [5.74, 6) is -1.38. The van der Waals surface area contributed by atoms with Gasteiger partial charge in [-0.2, -0.15) is 0 Å². The van der Waals surface area contributed by atoms with Gasteiger partial charge in [-0.25, -0.2) is 9.59 Å². The standard InChI is InChI=1S/C20H16N4O5/c1-10(17(25)21-12-6-7-14-15(9-12)24-20(28)23-14)29-19(27)16-8-11-4-2-3-5-13(11)18(26)22-16/h2-10H,1H3,(H,21,25)(H,22,26)(H2,23,24,28)/t10-/m1/s1. The highest BCUT2D eigenvalue weighted by molar-refractivity contribution is 5.98. The molecule has 2 aromatic carbocycles. The van der Waals surface area contributed by atoms with Crippen molar-refractivity contribution < 1.29 is 14.3 Å². The van der Waals surface area contributed by atoms with Crippen LogP contribution in [-0.2, 0) is 9.53 Å². The van der Waals surface area contributed by atoms with Gasteiger partial charge in [-0.05, 0) is 42.6 Å². The molecule has 0 aliphatic carbocycles. The molecule has 0 unspecified atom stereocenters. The van der Waals surface area contributed by atoms with Crippen LogP contribution < -0.4 is 16.6 Å². The molecule has 9 heteroatoms. The number of esters is 1. The summed E-state index contributed by atoms with van der Waals surface area (Å²) in [6.07, 6.45) is -1.11. The Hall–Kier alpha value is -4.14. The van der Waals surface area contributed by atoms with Crippen LogP contribution in [0.15, 0.2) is 58.1 Å². The number of carbonyl (C=O) groups excluding carboxylic acids is 2. The number of imidazole rings is 1. The third-order valence-electron chi connectivity index (χ3n) is 4.41. The molecule has 0 spiro atoms. The van der Waals surface area contributed by atoms with Gasteiger partial charge in [0.1, 0.15) is 5.69 Å². The molecule has 1 amide bonds. The number of hydrogen-bond donors (Lipinski definition) is 4. The maximum Gasteiger partial charge on any atom is 0.355 e. The summed E-state index contributed by atoms with van der Waals surface area (Å²) in [5.41, 5.74) is 0.759. The van der Waals surface area contributed by atoms with Gasteiger partial charge in [-0.15, -0.1) is 0 Å². The van der Waals surface area contributed by atoms with Crippen molar-refractivity contribution in [1.29, 1.82) is 0 Å². The van der Waals surface area contributed by atoms with E-state index in [0.29, 0.717) is 27.5 Å². The number of rotatable bonds is 4. The lowest BCUT2D eigenvalue weighted by atomic mass is 10.1. The molecule has 146 valence electrons. The molecular weight excluding hydrogens is 376 g/mol. The average molecular weight is 392 g/mol. The molecule has 4 aromatic rings. The number of ether oxygens (including phenoxy) is 1. The van der Waals surface area contributed by atoms with Crippen LogP contribution in [-0.4, -0.2) is 32.9 Å². The third kappa shape index (κ3) is 3.65. The molecule has 0 saturated heterocycles. The molecule has 0 aliphatic rings. The van der Waals surface area contributed by atoms with E-state index in [0.717, 1.165) is 0 Å². The highest BCUT2D eigenvalue weighted by Crippen LogP contribution is 2.16. The topological polar surface area (TPSA) is 137 Å². The smallest absolute Gasteiger partial charge is 0.355 e. The first-order chi connectivity index (χ1) is 13.9. The Balaban J connectivity index is 1.48. The van der Waals surface area contributed by atoms with Crippen molar-refractivity contribution >= 4 is 39.4 Å². The Kier molecular flexibility index (Phi) is 4.47. The Morgan fingerprint density at radius 3 is 2.55 bits per heavy atom. The van der Waals surface area contributed by atoms with Crippen molar-refractivity contribution in [2.24, 2.45) is 0 Å². The summed E-state index contributed by atoms with van der Waals surface area (Å²) in [6, 6.07) is 13.2. The normalized spacial score (nSPS) is 12.0. The van der Waals surface area contributed by atoms with Crippen LogP contribution in [0.5, 0.6) is 0 Å². The number of pyridine rings is 1. The van der Waals surface area contributed by atoms with Crippen molar-refractivity contribution in [2.75, 3.05) is 5.32 Å². The fourth-order valence-corrected chi connectivity index (χ4v) is 2.95. The van der Waals surface area contributed by atoms with Crippen molar-refractivity contribution in [3.05, 3.63) is 75.1 Å². The van der Waals surface area contributed by atoms with Crippen LogP contribution in [0.3, 0.4) is 0 Å². The zero-order chi connectivity index (χ0) is 20.5. The van der Waals surface area contributed by atoms with Gasteiger partial charge in [-0.1, -0.05) is 18.2 Å². The summed E-state index contributed by atoms with van der Waals surface area (Å²) >= 11 is 0. The molecule has 4 rings (SSSR count). The van der Waals surface area contributed by atoms with E-state index in [1.165, 1.54) is 13.0 Å². The Bertz CT molecular complexity index is 1360. The van der Waals surface area contributed by atoms with E-state index in [9.17, 15) is 19.2 Å². The van der Waals surface area contributed by atoms with Gasteiger partial charge in [0.2, 0.25) is 0 Å². The van der Waals surface area contributed by atoms with Crippen LogP contribution in [0.2, 0.25) is 0 Å². The van der Waals surface area contributed by atoms with Crippen molar-refractivity contribution in [3.63, 3.8) is 0 Å². The zero-order valence-electron chi connectivity index (χ0n) is 15.2. The van der Waals surface area contributed by atoms with E-state index in [-0.39, 0.29) is 11.4 Å². The van der Waals surface area contributed by atoms with Crippen LogP contribution in [0.25, 0.3) is 21.8 Å². The van der Waals surface area contributed by atoms with E-state index >= 15 is 0 Å². The molecular formula is C20H16N4O5. The van der Waals surface area contributed by atoms with E-state index in [2.05, 4.69) is 20.3 Å². The number of fused-ring (bicyclic) bond motifs is 2. The Morgan fingerprint density at radius 1 is 0.966 bits per heavy atom. The molecule has 2 aromatic heterocycles. The molecule has 0 aliphatic heterocycles. The van der Waals surface area contributed by atoms with Gasteiger partial charge >= 0.3 is 11.7 Å². The maximum atomic E-state index is 12.4. The molecule has 1 atom stereocenters. The van der Waals surface area contributed by atoms with Gasteiger partial charge in [0.15, 0.2) is 6.10 Å². The molecule has 9 nitrogen and oxygen atoms in total. The second kappa shape index (κ2) is 7.12.